The van der Waals surface area contributed by atoms with E-state index in [1.165, 1.54) is 0 Å². The Balaban J connectivity index is 2.07. The van der Waals surface area contributed by atoms with Crippen molar-refractivity contribution in [3.05, 3.63) is 64.2 Å². The van der Waals surface area contributed by atoms with Gasteiger partial charge in [-0.1, -0.05) is 23.7 Å². The van der Waals surface area contributed by atoms with Crippen molar-refractivity contribution in [3.8, 4) is 11.8 Å². The summed E-state index contributed by atoms with van der Waals surface area (Å²) in [5.41, 5.74) is 2.61. The lowest BCUT2D eigenvalue weighted by atomic mass is 10.1. The first kappa shape index (κ1) is 12.5. The van der Waals surface area contributed by atoms with Crippen LogP contribution in [0.1, 0.15) is 16.7 Å². The number of ether oxygens (including phenoxy) is 1. The Kier molecular flexibility index (Phi) is 3.86. The molecule has 0 amide bonds. The van der Waals surface area contributed by atoms with E-state index >= 15 is 0 Å². The highest BCUT2D eigenvalue weighted by atomic mass is 35.5. The molecule has 2 aromatic carbocycles. The Morgan fingerprint density at radius 3 is 2.72 bits per heavy atom. The third kappa shape index (κ3) is 3.03. The van der Waals surface area contributed by atoms with E-state index in [1.54, 1.807) is 12.1 Å². The molecule has 0 N–H and O–H groups in total. The lowest BCUT2D eigenvalue weighted by molar-refractivity contribution is 0.306. The van der Waals surface area contributed by atoms with E-state index in [0.717, 1.165) is 16.9 Å². The summed E-state index contributed by atoms with van der Waals surface area (Å²) in [6, 6.07) is 15.1. The number of halogens is 1. The Labute approximate surface area is 111 Å². The second-order valence-corrected chi connectivity index (χ2v) is 4.44. The predicted octanol–water partition coefficient (Wildman–Crippen LogP) is 4.10. The quantitative estimate of drug-likeness (QED) is 0.829. The van der Waals surface area contributed by atoms with Gasteiger partial charge in [0.05, 0.1) is 11.6 Å². The highest BCUT2D eigenvalue weighted by Gasteiger charge is 2.01. The number of hydrogen-bond acceptors (Lipinski definition) is 2. The minimum absolute atomic E-state index is 0.464. The maximum absolute atomic E-state index is 8.84. The molecule has 2 rings (SSSR count). The molecule has 0 aromatic heterocycles. The first-order valence-corrected chi connectivity index (χ1v) is 5.95. The van der Waals surface area contributed by atoms with Gasteiger partial charge in [0.15, 0.2) is 0 Å². The summed E-state index contributed by atoms with van der Waals surface area (Å²) in [5, 5.41) is 9.54. The molecule has 0 unspecified atom stereocenters. The van der Waals surface area contributed by atoms with Crippen LogP contribution in [0.15, 0.2) is 42.5 Å². The van der Waals surface area contributed by atoms with Gasteiger partial charge in [-0.3, -0.25) is 0 Å². The number of benzene rings is 2. The van der Waals surface area contributed by atoms with Crippen molar-refractivity contribution >= 4 is 11.6 Å². The van der Waals surface area contributed by atoms with Crippen molar-refractivity contribution in [1.29, 1.82) is 5.26 Å². The minimum Gasteiger partial charge on any atom is -0.489 e. The van der Waals surface area contributed by atoms with Crippen LogP contribution in [0.25, 0.3) is 0 Å². The van der Waals surface area contributed by atoms with Crippen molar-refractivity contribution in [2.24, 2.45) is 0 Å². The van der Waals surface area contributed by atoms with Gasteiger partial charge in [0.1, 0.15) is 12.4 Å². The molecule has 0 radical (unpaired) electrons. The fourth-order valence-electron chi connectivity index (χ4n) is 1.64. The van der Waals surface area contributed by atoms with Gasteiger partial charge in [-0.15, -0.1) is 0 Å². The topological polar surface area (TPSA) is 33.0 Å². The molecule has 0 heterocycles. The first-order chi connectivity index (χ1) is 8.69. The normalized spacial score (nSPS) is 9.83. The average molecular weight is 258 g/mol. The van der Waals surface area contributed by atoms with E-state index in [4.69, 9.17) is 21.6 Å². The van der Waals surface area contributed by atoms with Crippen LogP contribution in [0.2, 0.25) is 5.02 Å². The average Bonchev–Trinajstić information content (AvgIpc) is 2.37. The molecule has 0 bridgehead atoms. The highest BCUT2D eigenvalue weighted by molar-refractivity contribution is 6.30. The maximum Gasteiger partial charge on any atom is 0.120 e. The van der Waals surface area contributed by atoms with Gasteiger partial charge in [-0.05, 0) is 48.4 Å². The zero-order chi connectivity index (χ0) is 13.0. The summed E-state index contributed by atoms with van der Waals surface area (Å²) in [5.74, 6) is 0.756. The van der Waals surface area contributed by atoms with Crippen LogP contribution in [-0.4, -0.2) is 0 Å². The Hall–Kier alpha value is -1.98. The Bertz CT molecular complexity index is 602. The molecule has 90 valence electrons. The van der Waals surface area contributed by atoms with Crippen LogP contribution in [0.4, 0.5) is 0 Å². The molecule has 0 fully saturated rings. The fraction of sp³-hybridized carbons (Fsp3) is 0.133. The van der Waals surface area contributed by atoms with Gasteiger partial charge in [0.25, 0.3) is 0 Å². The van der Waals surface area contributed by atoms with Gasteiger partial charge >= 0.3 is 0 Å². The van der Waals surface area contributed by atoms with Gasteiger partial charge < -0.3 is 4.74 Å². The van der Waals surface area contributed by atoms with E-state index in [0.29, 0.717) is 17.2 Å². The van der Waals surface area contributed by atoms with E-state index in [-0.39, 0.29) is 0 Å². The predicted molar refractivity (Wildman–Crippen MR) is 71.7 cm³/mol. The molecule has 2 nitrogen and oxygen atoms in total. The van der Waals surface area contributed by atoms with Gasteiger partial charge in [-0.2, -0.15) is 5.26 Å². The van der Waals surface area contributed by atoms with Gasteiger partial charge in [0.2, 0.25) is 0 Å². The molecule has 0 aliphatic rings. The van der Waals surface area contributed by atoms with Crippen molar-refractivity contribution in [3.63, 3.8) is 0 Å². The third-order valence-electron chi connectivity index (χ3n) is 2.61. The monoisotopic (exact) mass is 257 g/mol. The number of nitrogens with zero attached hydrogens (tertiary/aromatic N) is 1. The van der Waals surface area contributed by atoms with Crippen LogP contribution >= 0.6 is 11.6 Å². The van der Waals surface area contributed by atoms with Crippen LogP contribution in [-0.2, 0) is 6.61 Å². The van der Waals surface area contributed by atoms with E-state index < -0.39 is 0 Å². The van der Waals surface area contributed by atoms with Crippen LogP contribution in [0, 0.1) is 18.3 Å². The SMILES string of the molecule is Cc1cc(OCc2cccc(Cl)c2)ccc1C#N. The molecular weight excluding hydrogens is 246 g/mol. The molecule has 0 saturated heterocycles. The number of nitriles is 1. The summed E-state index contributed by atoms with van der Waals surface area (Å²) in [6.07, 6.45) is 0. The van der Waals surface area contributed by atoms with Gasteiger partial charge in [-0.25, -0.2) is 0 Å². The molecule has 0 atom stereocenters. The van der Waals surface area contributed by atoms with Crippen molar-refractivity contribution in [2.45, 2.75) is 13.5 Å². The zero-order valence-corrected chi connectivity index (χ0v) is 10.7. The highest BCUT2D eigenvalue weighted by Crippen LogP contribution is 2.18. The molecule has 2 aromatic rings. The number of rotatable bonds is 3. The maximum atomic E-state index is 8.84. The number of aryl methyl sites for hydroxylation is 1. The van der Waals surface area contributed by atoms with Crippen molar-refractivity contribution in [1.82, 2.24) is 0 Å². The minimum atomic E-state index is 0.464. The Morgan fingerprint density at radius 1 is 1.22 bits per heavy atom. The summed E-state index contributed by atoms with van der Waals surface area (Å²) in [6.45, 7) is 2.36. The summed E-state index contributed by atoms with van der Waals surface area (Å²) in [7, 11) is 0. The second kappa shape index (κ2) is 5.57. The van der Waals surface area contributed by atoms with E-state index in [1.807, 2.05) is 37.3 Å². The van der Waals surface area contributed by atoms with Gasteiger partial charge in [0, 0.05) is 5.02 Å². The summed E-state index contributed by atoms with van der Waals surface area (Å²) in [4.78, 5) is 0. The molecular formula is C15H12ClNO. The molecule has 0 aliphatic heterocycles. The second-order valence-electron chi connectivity index (χ2n) is 4.01. The van der Waals surface area contributed by atoms with Crippen molar-refractivity contribution in [2.75, 3.05) is 0 Å². The molecule has 0 aliphatic carbocycles. The lowest BCUT2D eigenvalue weighted by Gasteiger charge is -2.08. The largest absolute Gasteiger partial charge is 0.489 e. The zero-order valence-electron chi connectivity index (χ0n) is 9.98. The van der Waals surface area contributed by atoms with E-state index in [9.17, 15) is 0 Å². The van der Waals surface area contributed by atoms with Crippen LogP contribution < -0.4 is 4.74 Å². The van der Waals surface area contributed by atoms with Crippen LogP contribution in [0.3, 0.4) is 0 Å². The molecule has 18 heavy (non-hydrogen) atoms. The van der Waals surface area contributed by atoms with Crippen molar-refractivity contribution < 1.29 is 4.74 Å². The third-order valence-corrected chi connectivity index (χ3v) is 2.85. The Morgan fingerprint density at radius 2 is 2.06 bits per heavy atom. The first-order valence-electron chi connectivity index (χ1n) is 5.57. The number of hydrogen-bond donors (Lipinski definition) is 0. The lowest BCUT2D eigenvalue weighted by Crippen LogP contribution is -1.96. The van der Waals surface area contributed by atoms with E-state index in [2.05, 4.69) is 6.07 Å². The summed E-state index contributed by atoms with van der Waals surface area (Å²) >= 11 is 5.90. The summed E-state index contributed by atoms with van der Waals surface area (Å²) < 4.78 is 5.66. The molecule has 0 spiro atoms. The van der Waals surface area contributed by atoms with Crippen LogP contribution in [0.5, 0.6) is 5.75 Å². The molecule has 0 saturated carbocycles. The standard InChI is InChI=1S/C15H12ClNO/c1-11-7-15(6-5-13(11)9-17)18-10-12-3-2-4-14(16)8-12/h2-8H,10H2,1H3. The molecule has 3 heteroatoms. The fourth-order valence-corrected chi connectivity index (χ4v) is 1.86. The smallest absolute Gasteiger partial charge is 0.120 e.